The Balaban J connectivity index is 2.09. The van der Waals surface area contributed by atoms with Crippen LogP contribution >= 0.6 is 31.9 Å². The zero-order valence-corrected chi connectivity index (χ0v) is 19.1. The highest BCUT2D eigenvalue weighted by atomic mass is 79.9. The Morgan fingerprint density at radius 2 is 0.964 bits per heavy atom. The maximum atomic E-state index is 13.1. The van der Waals surface area contributed by atoms with Gasteiger partial charge in [-0.2, -0.15) is 0 Å². The molecule has 28 heavy (non-hydrogen) atoms. The highest BCUT2D eigenvalue weighted by Crippen LogP contribution is 2.27. The number of hydrogen-bond donors (Lipinski definition) is 0. The fourth-order valence-electron chi connectivity index (χ4n) is 2.86. The lowest BCUT2D eigenvalue weighted by molar-refractivity contribution is 0.103. The van der Waals surface area contributed by atoms with Gasteiger partial charge in [-0.1, -0.05) is 52.6 Å². The maximum Gasteiger partial charge on any atom is 0.193 e. The smallest absolute Gasteiger partial charge is 0.193 e. The Bertz CT molecular complexity index is 952. The van der Waals surface area contributed by atoms with Crippen molar-refractivity contribution in [2.45, 2.75) is 26.2 Å². The number of rotatable bonds is 4. The number of carbonyl (C=O) groups is 2. The van der Waals surface area contributed by atoms with Crippen molar-refractivity contribution in [3.8, 4) is 0 Å². The Kier molecular flexibility index (Phi) is 6.01. The van der Waals surface area contributed by atoms with Crippen molar-refractivity contribution < 1.29 is 9.59 Å². The molecule has 0 aliphatic heterocycles. The number of benzene rings is 3. The zero-order valence-electron chi connectivity index (χ0n) is 15.9. The highest BCUT2D eigenvalue weighted by Gasteiger charge is 2.21. The van der Waals surface area contributed by atoms with Crippen LogP contribution in [0.15, 0.2) is 75.7 Å². The highest BCUT2D eigenvalue weighted by molar-refractivity contribution is 9.10. The van der Waals surface area contributed by atoms with Gasteiger partial charge in [-0.25, -0.2) is 0 Å². The molecule has 0 spiro atoms. The molecule has 0 amide bonds. The van der Waals surface area contributed by atoms with Crippen LogP contribution in [0.4, 0.5) is 0 Å². The van der Waals surface area contributed by atoms with Crippen molar-refractivity contribution in [2.75, 3.05) is 0 Å². The molecule has 4 heteroatoms. The summed E-state index contributed by atoms with van der Waals surface area (Å²) in [6, 6.07) is 20.0. The molecular weight excluding hydrogens is 480 g/mol. The van der Waals surface area contributed by atoms with Crippen LogP contribution in [0.25, 0.3) is 0 Å². The third kappa shape index (κ3) is 4.68. The summed E-state index contributed by atoms with van der Waals surface area (Å²) in [7, 11) is 0. The normalized spacial score (nSPS) is 11.3. The number of hydrogen-bond acceptors (Lipinski definition) is 2. The summed E-state index contributed by atoms with van der Waals surface area (Å²) in [5.41, 5.74) is 3.00. The minimum Gasteiger partial charge on any atom is -0.289 e. The summed E-state index contributed by atoms with van der Waals surface area (Å²) < 4.78 is 1.83. The third-order valence-corrected chi connectivity index (χ3v) is 5.59. The van der Waals surface area contributed by atoms with E-state index in [4.69, 9.17) is 0 Å². The van der Waals surface area contributed by atoms with Crippen molar-refractivity contribution in [3.63, 3.8) is 0 Å². The molecule has 0 saturated carbocycles. The van der Waals surface area contributed by atoms with E-state index in [1.54, 1.807) is 30.3 Å². The largest absolute Gasteiger partial charge is 0.289 e. The molecule has 0 aliphatic rings. The summed E-state index contributed by atoms with van der Waals surface area (Å²) in [5, 5.41) is 0. The standard InChI is InChI=1S/C24H20Br2O2/c1-24(2,3)19-13-17(22(27)15-4-8-20(25)9-5-15)12-18(14-19)23(28)16-6-10-21(26)11-7-16/h4-14H,1-3H3. The van der Waals surface area contributed by atoms with Gasteiger partial charge in [-0.15, -0.1) is 0 Å². The summed E-state index contributed by atoms with van der Waals surface area (Å²) in [4.78, 5) is 26.1. The first-order chi connectivity index (χ1) is 13.1. The number of ketones is 2. The second-order valence-electron chi connectivity index (χ2n) is 7.72. The van der Waals surface area contributed by atoms with Gasteiger partial charge >= 0.3 is 0 Å². The van der Waals surface area contributed by atoms with E-state index < -0.39 is 0 Å². The van der Waals surface area contributed by atoms with Gasteiger partial charge < -0.3 is 0 Å². The van der Waals surface area contributed by atoms with E-state index in [9.17, 15) is 9.59 Å². The van der Waals surface area contributed by atoms with E-state index in [0.717, 1.165) is 14.5 Å². The van der Waals surface area contributed by atoms with Crippen molar-refractivity contribution in [1.29, 1.82) is 0 Å². The van der Waals surface area contributed by atoms with Gasteiger partial charge in [-0.3, -0.25) is 9.59 Å². The second-order valence-corrected chi connectivity index (χ2v) is 9.55. The molecule has 0 N–H and O–H groups in total. The lowest BCUT2D eigenvalue weighted by atomic mass is 9.83. The molecular formula is C24H20Br2O2. The van der Waals surface area contributed by atoms with Crippen LogP contribution in [-0.4, -0.2) is 11.6 Å². The molecule has 0 atom stereocenters. The molecule has 0 unspecified atom stereocenters. The van der Waals surface area contributed by atoms with Crippen LogP contribution in [0.5, 0.6) is 0 Å². The third-order valence-electron chi connectivity index (χ3n) is 4.54. The van der Waals surface area contributed by atoms with Crippen molar-refractivity contribution in [2.24, 2.45) is 0 Å². The first-order valence-electron chi connectivity index (χ1n) is 8.91. The first kappa shape index (κ1) is 20.7. The van der Waals surface area contributed by atoms with Crippen LogP contribution in [0, 0.1) is 0 Å². The van der Waals surface area contributed by atoms with Crippen molar-refractivity contribution in [3.05, 3.63) is 103 Å². The van der Waals surface area contributed by atoms with E-state index in [1.165, 1.54) is 0 Å². The van der Waals surface area contributed by atoms with Gasteiger partial charge in [0.15, 0.2) is 11.6 Å². The number of carbonyl (C=O) groups excluding carboxylic acids is 2. The molecule has 0 aliphatic carbocycles. The molecule has 2 nitrogen and oxygen atoms in total. The molecule has 0 saturated heterocycles. The molecule has 3 aromatic carbocycles. The van der Waals surface area contributed by atoms with E-state index in [2.05, 4.69) is 52.6 Å². The van der Waals surface area contributed by atoms with Gasteiger partial charge in [0.25, 0.3) is 0 Å². The summed E-state index contributed by atoms with van der Waals surface area (Å²) in [6.45, 7) is 6.22. The monoisotopic (exact) mass is 498 g/mol. The van der Waals surface area contributed by atoms with E-state index >= 15 is 0 Å². The molecule has 0 heterocycles. The van der Waals surface area contributed by atoms with Crippen LogP contribution in [0.2, 0.25) is 0 Å². The van der Waals surface area contributed by atoms with Gasteiger partial charge in [-0.05, 0) is 77.7 Å². The maximum absolute atomic E-state index is 13.1. The SMILES string of the molecule is CC(C)(C)c1cc(C(=O)c2ccc(Br)cc2)cc(C(=O)c2ccc(Br)cc2)c1. The topological polar surface area (TPSA) is 34.1 Å². The zero-order chi connectivity index (χ0) is 20.5. The fourth-order valence-corrected chi connectivity index (χ4v) is 3.39. The summed E-state index contributed by atoms with van der Waals surface area (Å²) >= 11 is 6.78. The first-order valence-corrected chi connectivity index (χ1v) is 10.5. The summed E-state index contributed by atoms with van der Waals surface area (Å²) in [5.74, 6) is -0.188. The van der Waals surface area contributed by atoms with Crippen molar-refractivity contribution >= 4 is 43.4 Å². The van der Waals surface area contributed by atoms with E-state index in [-0.39, 0.29) is 17.0 Å². The van der Waals surface area contributed by atoms with Gasteiger partial charge in [0.2, 0.25) is 0 Å². The van der Waals surface area contributed by atoms with Gasteiger partial charge in [0, 0.05) is 31.2 Å². The molecule has 0 radical (unpaired) electrons. The Morgan fingerprint density at radius 3 is 1.29 bits per heavy atom. The molecule has 3 aromatic rings. The Labute approximate surface area is 182 Å². The predicted octanol–water partition coefficient (Wildman–Crippen LogP) is 6.97. The number of halogens is 2. The minimum atomic E-state index is -0.190. The fraction of sp³-hybridized carbons (Fsp3) is 0.167. The quantitative estimate of drug-likeness (QED) is 0.363. The van der Waals surface area contributed by atoms with Gasteiger partial charge in [0.1, 0.15) is 0 Å². The van der Waals surface area contributed by atoms with E-state index in [1.807, 2.05) is 36.4 Å². The van der Waals surface area contributed by atoms with Crippen molar-refractivity contribution in [1.82, 2.24) is 0 Å². The van der Waals surface area contributed by atoms with Crippen LogP contribution in [-0.2, 0) is 5.41 Å². The molecule has 0 fully saturated rings. The molecule has 3 rings (SSSR count). The summed E-state index contributed by atoms with van der Waals surface area (Å²) in [6.07, 6.45) is 0. The second kappa shape index (κ2) is 8.14. The minimum absolute atomic E-state index is 0.0940. The lowest BCUT2D eigenvalue weighted by Gasteiger charge is -2.21. The molecule has 0 aromatic heterocycles. The van der Waals surface area contributed by atoms with Crippen LogP contribution in [0.1, 0.15) is 58.2 Å². The van der Waals surface area contributed by atoms with E-state index in [0.29, 0.717) is 22.3 Å². The van der Waals surface area contributed by atoms with Crippen LogP contribution in [0.3, 0.4) is 0 Å². The average Bonchev–Trinajstić information content (AvgIpc) is 2.67. The Hall–Kier alpha value is -2.04. The predicted molar refractivity (Wildman–Crippen MR) is 120 cm³/mol. The van der Waals surface area contributed by atoms with Crippen LogP contribution < -0.4 is 0 Å². The van der Waals surface area contributed by atoms with Gasteiger partial charge in [0.05, 0.1) is 0 Å². The molecule has 142 valence electrons. The average molecular weight is 500 g/mol. The molecule has 0 bridgehead atoms. The lowest BCUT2D eigenvalue weighted by Crippen LogP contribution is -2.15. The Morgan fingerprint density at radius 1 is 0.607 bits per heavy atom.